The number of aliphatic imine (C=N–C) groups is 1. The summed E-state index contributed by atoms with van der Waals surface area (Å²) in [6.45, 7) is -3.28. The molecule has 0 radical (unpaired) electrons. The second-order valence-corrected chi connectivity index (χ2v) is 4.26. The SMILES string of the molecule is N[C@H](CCCNC(=NCC(F)(F)F)NCC(F)(F)F)C(=O)O. The van der Waals surface area contributed by atoms with E-state index in [9.17, 15) is 31.1 Å². The van der Waals surface area contributed by atoms with E-state index in [1.54, 1.807) is 5.32 Å². The molecule has 0 amide bonds. The zero-order valence-electron chi connectivity index (χ0n) is 11.3. The Hall–Kier alpha value is -1.72. The number of carboxylic acid groups (broad SMARTS) is 1. The minimum absolute atomic E-state index is 0.00809. The molecule has 1 atom stereocenters. The number of halogens is 6. The van der Waals surface area contributed by atoms with E-state index >= 15 is 0 Å². The zero-order valence-corrected chi connectivity index (χ0v) is 11.3. The van der Waals surface area contributed by atoms with Gasteiger partial charge in [0.05, 0.1) is 0 Å². The van der Waals surface area contributed by atoms with Gasteiger partial charge in [0.2, 0.25) is 0 Å². The Kier molecular flexibility index (Phi) is 7.98. The molecular weight excluding hydrogens is 322 g/mol. The number of hydrogen-bond acceptors (Lipinski definition) is 3. The average Bonchev–Trinajstić information content (AvgIpc) is 2.33. The summed E-state index contributed by atoms with van der Waals surface area (Å²) in [5, 5.41) is 12.5. The number of carbonyl (C=O) groups is 1. The zero-order chi connectivity index (χ0) is 17.4. The molecule has 0 aliphatic heterocycles. The van der Waals surface area contributed by atoms with Crippen LogP contribution in [0.25, 0.3) is 0 Å². The number of alkyl halides is 6. The molecular formula is C10H16F6N4O2. The number of nitrogens with one attached hydrogen (secondary N) is 2. The highest BCUT2D eigenvalue weighted by atomic mass is 19.4. The van der Waals surface area contributed by atoms with Crippen molar-refractivity contribution in [2.75, 3.05) is 19.6 Å². The molecule has 0 saturated heterocycles. The van der Waals surface area contributed by atoms with E-state index in [4.69, 9.17) is 10.8 Å². The van der Waals surface area contributed by atoms with Crippen LogP contribution >= 0.6 is 0 Å². The lowest BCUT2D eigenvalue weighted by Gasteiger charge is -2.15. The molecule has 5 N–H and O–H groups in total. The first-order chi connectivity index (χ1) is 9.91. The van der Waals surface area contributed by atoms with Gasteiger partial charge < -0.3 is 21.5 Å². The Labute approximate surface area is 121 Å². The number of rotatable bonds is 7. The fourth-order valence-electron chi connectivity index (χ4n) is 1.18. The van der Waals surface area contributed by atoms with E-state index in [0.717, 1.165) is 0 Å². The number of nitrogens with zero attached hydrogens (tertiary/aromatic N) is 1. The summed E-state index contributed by atoms with van der Waals surface area (Å²) >= 11 is 0. The molecule has 0 aromatic carbocycles. The molecule has 0 spiro atoms. The standard InChI is InChI=1S/C10H16F6N4O2/c11-9(12,13)4-19-8(20-5-10(14,15)16)18-3-1-2-6(17)7(21)22/h6H,1-5,17H2,(H,21,22)(H2,18,19,20)/t6-/m1/s1. The molecule has 130 valence electrons. The maximum absolute atomic E-state index is 12.0. The summed E-state index contributed by atoms with van der Waals surface area (Å²) in [4.78, 5) is 13.4. The third-order valence-electron chi connectivity index (χ3n) is 2.17. The highest BCUT2D eigenvalue weighted by molar-refractivity contribution is 5.79. The van der Waals surface area contributed by atoms with Crippen LogP contribution in [0, 0.1) is 0 Å². The summed E-state index contributed by atoms with van der Waals surface area (Å²) in [6.07, 6.45) is -9.13. The maximum atomic E-state index is 12.0. The third-order valence-corrected chi connectivity index (χ3v) is 2.17. The monoisotopic (exact) mass is 338 g/mol. The van der Waals surface area contributed by atoms with Gasteiger partial charge in [-0.3, -0.25) is 4.79 Å². The second kappa shape index (κ2) is 8.66. The first kappa shape index (κ1) is 20.3. The van der Waals surface area contributed by atoms with Gasteiger partial charge in [-0.1, -0.05) is 0 Å². The van der Waals surface area contributed by atoms with Crippen LogP contribution < -0.4 is 16.4 Å². The molecule has 0 aromatic heterocycles. The van der Waals surface area contributed by atoms with Crippen molar-refractivity contribution >= 4 is 11.9 Å². The van der Waals surface area contributed by atoms with E-state index in [1.807, 2.05) is 0 Å². The van der Waals surface area contributed by atoms with Crippen molar-refractivity contribution in [3.05, 3.63) is 0 Å². The van der Waals surface area contributed by atoms with Gasteiger partial charge in [-0.05, 0) is 12.8 Å². The summed E-state index contributed by atoms with van der Waals surface area (Å²) in [5.74, 6) is -1.92. The van der Waals surface area contributed by atoms with Gasteiger partial charge in [0, 0.05) is 6.54 Å². The lowest BCUT2D eigenvalue weighted by atomic mass is 10.2. The number of nitrogens with two attached hydrogens (primary N) is 1. The summed E-state index contributed by atoms with van der Waals surface area (Å²) in [6, 6.07) is -1.15. The number of hydrogen-bond donors (Lipinski definition) is 4. The van der Waals surface area contributed by atoms with E-state index < -0.39 is 43.4 Å². The minimum atomic E-state index is -4.65. The van der Waals surface area contributed by atoms with Crippen molar-refractivity contribution in [3.63, 3.8) is 0 Å². The molecule has 0 fully saturated rings. The van der Waals surface area contributed by atoms with E-state index in [1.165, 1.54) is 0 Å². The van der Waals surface area contributed by atoms with Crippen molar-refractivity contribution in [2.45, 2.75) is 31.2 Å². The predicted molar refractivity (Wildman–Crippen MR) is 65.3 cm³/mol. The number of aliphatic carboxylic acids is 1. The second-order valence-electron chi connectivity index (χ2n) is 4.26. The van der Waals surface area contributed by atoms with Gasteiger partial charge in [-0.15, -0.1) is 0 Å². The molecule has 0 aliphatic rings. The molecule has 0 aromatic rings. The normalized spacial score (nSPS) is 14.6. The van der Waals surface area contributed by atoms with Crippen LogP contribution in [-0.2, 0) is 4.79 Å². The molecule has 0 saturated carbocycles. The van der Waals surface area contributed by atoms with Gasteiger partial charge >= 0.3 is 18.3 Å². The first-order valence-corrected chi connectivity index (χ1v) is 6.05. The number of carboxylic acids is 1. The van der Waals surface area contributed by atoms with Crippen LogP contribution in [0.5, 0.6) is 0 Å². The van der Waals surface area contributed by atoms with Gasteiger partial charge in [-0.25, -0.2) is 4.99 Å². The molecule has 0 bridgehead atoms. The maximum Gasteiger partial charge on any atom is 0.408 e. The summed E-state index contributed by atoms with van der Waals surface area (Å²) < 4.78 is 72.1. The Morgan fingerprint density at radius 3 is 2.18 bits per heavy atom. The van der Waals surface area contributed by atoms with E-state index in [0.29, 0.717) is 0 Å². The Balaban J connectivity index is 4.38. The molecule has 6 nitrogen and oxygen atoms in total. The molecule has 0 aliphatic carbocycles. The van der Waals surface area contributed by atoms with E-state index in [-0.39, 0.29) is 19.4 Å². The van der Waals surface area contributed by atoms with Crippen LogP contribution in [0.3, 0.4) is 0 Å². The molecule has 0 unspecified atom stereocenters. The summed E-state index contributed by atoms with van der Waals surface area (Å²) in [7, 11) is 0. The van der Waals surface area contributed by atoms with Gasteiger partial charge in [0.15, 0.2) is 5.96 Å². The first-order valence-electron chi connectivity index (χ1n) is 6.05. The Morgan fingerprint density at radius 1 is 1.14 bits per heavy atom. The summed E-state index contributed by atoms with van der Waals surface area (Å²) in [5.41, 5.74) is 5.19. The van der Waals surface area contributed by atoms with Crippen LogP contribution in [-0.4, -0.2) is 55.1 Å². The van der Waals surface area contributed by atoms with E-state index in [2.05, 4.69) is 10.3 Å². The largest absolute Gasteiger partial charge is 0.480 e. The minimum Gasteiger partial charge on any atom is -0.480 e. The molecule has 0 heterocycles. The quantitative estimate of drug-likeness (QED) is 0.239. The van der Waals surface area contributed by atoms with Crippen LogP contribution in [0.4, 0.5) is 26.3 Å². The number of guanidine groups is 1. The Bertz CT molecular complexity index is 383. The lowest BCUT2D eigenvalue weighted by molar-refractivity contribution is -0.138. The third kappa shape index (κ3) is 12.1. The molecule has 12 heteroatoms. The van der Waals surface area contributed by atoms with Gasteiger partial charge in [0.1, 0.15) is 19.1 Å². The fourth-order valence-corrected chi connectivity index (χ4v) is 1.18. The highest BCUT2D eigenvalue weighted by Gasteiger charge is 2.29. The van der Waals surface area contributed by atoms with Crippen LogP contribution in [0.1, 0.15) is 12.8 Å². The average molecular weight is 338 g/mol. The fraction of sp³-hybridized carbons (Fsp3) is 0.800. The van der Waals surface area contributed by atoms with Gasteiger partial charge in [0.25, 0.3) is 0 Å². The molecule has 22 heavy (non-hydrogen) atoms. The topological polar surface area (TPSA) is 99.7 Å². The van der Waals surface area contributed by atoms with Crippen molar-refractivity contribution in [1.82, 2.24) is 10.6 Å². The van der Waals surface area contributed by atoms with Crippen molar-refractivity contribution < 1.29 is 36.2 Å². The van der Waals surface area contributed by atoms with Crippen molar-refractivity contribution in [3.8, 4) is 0 Å². The Morgan fingerprint density at radius 2 is 1.73 bits per heavy atom. The van der Waals surface area contributed by atoms with Crippen molar-refractivity contribution in [2.24, 2.45) is 10.7 Å². The highest BCUT2D eigenvalue weighted by Crippen LogP contribution is 2.15. The predicted octanol–water partition coefficient (Wildman–Crippen LogP) is 0.838. The lowest BCUT2D eigenvalue weighted by Crippen LogP contribution is -2.43. The molecule has 0 rings (SSSR count). The smallest absolute Gasteiger partial charge is 0.408 e. The van der Waals surface area contributed by atoms with Crippen molar-refractivity contribution in [1.29, 1.82) is 0 Å². The van der Waals surface area contributed by atoms with Gasteiger partial charge in [-0.2, -0.15) is 26.3 Å². The van der Waals surface area contributed by atoms with Crippen LogP contribution in [0.2, 0.25) is 0 Å². The van der Waals surface area contributed by atoms with Crippen LogP contribution in [0.15, 0.2) is 4.99 Å².